The van der Waals surface area contributed by atoms with Crippen LogP contribution in [0.5, 0.6) is 5.75 Å². The summed E-state index contributed by atoms with van der Waals surface area (Å²) in [5.74, 6) is 0.788. The van der Waals surface area contributed by atoms with Crippen molar-refractivity contribution >= 4 is 34.8 Å². The fourth-order valence-corrected chi connectivity index (χ4v) is 4.65. The summed E-state index contributed by atoms with van der Waals surface area (Å²) in [6, 6.07) is 11.7. The van der Waals surface area contributed by atoms with Crippen LogP contribution >= 0.6 is 23.2 Å². The molecule has 2 aliphatic heterocycles. The number of hydrogen-bond acceptors (Lipinski definition) is 4. The van der Waals surface area contributed by atoms with E-state index in [1.165, 1.54) is 0 Å². The number of benzene rings is 2. The number of rotatable bonds is 8. The van der Waals surface area contributed by atoms with Crippen molar-refractivity contribution in [1.29, 1.82) is 0 Å². The molecule has 0 atom stereocenters. The van der Waals surface area contributed by atoms with Crippen LogP contribution in [0.15, 0.2) is 36.4 Å². The van der Waals surface area contributed by atoms with Crippen LogP contribution < -0.4 is 15.0 Å². The van der Waals surface area contributed by atoms with Crippen LogP contribution in [0, 0.1) is 0 Å². The fraction of sp³-hybridized carbons (Fsp3) is 0.458. The molecule has 0 saturated carbocycles. The molecule has 166 valence electrons. The predicted molar refractivity (Wildman–Crippen MR) is 127 cm³/mol. The first-order chi connectivity index (χ1) is 15.1. The molecule has 0 bridgehead atoms. The second-order valence-electron chi connectivity index (χ2n) is 8.14. The summed E-state index contributed by atoms with van der Waals surface area (Å²) in [7, 11) is 0. The van der Waals surface area contributed by atoms with E-state index in [0.29, 0.717) is 16.7 Å². The molecule has 1 N–H and O–H groups in total. The standard InChI is InChI=1S/C24H29Cl2N3O2/c25-21-5-4-6-22(23(21)26)29-14-12-28(13-15-29)11-2-1-3-16-31-19-8-7-18-9-10-27-24(30)20(18)17-19/h4-8,17H,1-3,9-16H2,(H,27,30). The minimum atomic E-state index is 0.00410. The lowest BCUT2D eigenvalue weighted by molar-refractivity contribution is 0.0945. The number of ether oxygens (including phenoxy) is 1. The van der Waals surface area contributed by atoms with Crippen molar-refractivity contribution in [3.8, 4) is 5.75 Å². The third-order valence-corrected chi connectivity index (χ3v) is 6.85. The Morgan fingerprint density at radius 1 is 1.00 bits per heavy atom. The number of carbonyl (C=O) groups excluding carboxylic acids is 1. The predicted octanol–water partition coefficient (Wildman–Crippen LogP) is 4.65. The number of hydrogen-bond donors (Lipinski definition) is 1. The van der Waals surface area contributed by atoms with E-state index >= 15 is 0 Å². The lowest BCUT2D eigenvalue weighted by Crippen LogP contribution is -2.46. The number of anilines is 1. The number of amides is 1. The third kappa shape index (κ3) is 5.65. The zero-order valence-corrected chi connectivity index (χ0v) is 19.2. The van der Waals surface area contributed by atoms with Gasteiger partial charge in [0, 0.05) is 38.3 Å². The summed E-state index contributed by atoms with van der Waals surface area (Å²) in [6.45, 7) is 6.52. The van der Waals surface area contributed by atoms with Gasteiger partial charge < -0.3 is 15.0 Å². The molecular weight excluding hydrogens is 433 g/mol. The Bertz CT molecular complexity index is 914. The van der Waals surface area contributed by atoms with Crippen molar-refractivity contribution in [2.45, 2.75) is 25.7 Å². The average Bonchev–Trinajstić information content (AvgIpc) is 2.79. The first-order valence-electron chi connectivity index (χ1n) is 11.1. The number of nitrogens with one attached hydrogen (secondary N) is 1. The SMILES string of the molecule is O=C1NCCc2ccc(OCCCCCN3CCN(c4cccc(Cl)c4Cl)CC3)cc21. The normalized spacial score (nSPS) is 16.7. The van der Waals surface area contributed by atoms with Gasteiger partial charge in [0.2, 0.25) is 0 Å². The van der Waals surface area contributed by atoms with Crippen LogP contribution in [-0.4, -0.2) is 56.7 Å². The summed E-state index contributed by atoms with van der Waals surface area (Å²) in [6.07, 6.45) is 4.20. The van der Waals surface area contributed by atoms with Gasteiger partial charge in [-0.15, -0.1) is 0 Å². The number of nitrogens with zero attached hydrogens (tertiary/aromatic N) is 2. The van der Waals surface area contributed by atoms with Gasteiger partial charge in [0.05, 0.1) is 22.3 Å². The highest BCUT2D eigenvalue weighted by molar-refractivity contribution is 6.43. The lowest BCUT2D eigenvalue weighted by atomic mass is 10.0. The Morgan fingerprint density at radius 3 is 2.68 bits per heavy atom. The van der Waals surface area contributed by atoms with E-state index in [4.69, 9.17) is 27.9 Å². The molecule has 2 aromatic carbocycles. The highest BCUT2D eigenvalue weighted by atomic mass is 35.5. The molecule has 31 heavy (non-hydrogen) atoms. The molecule has 2 heterocycles. The van der Waals surface area contributed by atoms with Crippen LogP contribution in [0.25, 0.3) is 0 Å². The molecule has 2 aliphatic rings. The molecule has 0 spiro atoms. The van der Waals surface area contributed by atoms with Gasteiger partial charge in [0.1, 0.15) is 5.75 Å². The highest BCUT2D eigenvalue weighted by Gasteiger charge is 2.19. The van der Waals surface area contributed by atoms with Crippen LogP contribution in [-0.2, 0) is 6.42 Å². The first-order valence-corrected chi connectivity index (χ1v) is 11.8. The van der Waals surface area contributed by atoms with Gasteiger partial charge in [-0.25, -0.2) is 0 Å². The molecule has 0 aliphatic carbocycles. The molecule has 0 aromatic heterocycles. The zero-order valence-electron chi connectivity index (χ0n) is 17.7. The molecule has 0 unspecified atom stereocenters. The van der Waals surface area contributed by atoms with E-state index in [-0.39, 0.29) is 5.91 Å². The monoisotopic (exact) mass is 461 g/mol. The van der Waals surface area contributed by atoms with Gasteiger partial charge in [-0.05, 0) is 62.1 Å². The second-order valence-corrected chi connectivity index (χ2v) is 8.92. The van der Waals surface area contributed by atoms with Crippen LogP contribution in [0.3, 0.4) is 0 Å². The van der Waals surface area contributed by atoms with Gasteiger partial charge in [-0.1, -0.05) is 35.3 Å². The summed E-state index contributed by atoms with van der Waals surface area (Å²) < 4.78 is 5.87. The average molecular weight is 462 g/mol. The lowest BCUT2D eigenvalue weighted by Gasteiger charge is -2.36. The van der Waals surface area contributed by atoms with Gasteiger partial charge in [0.15, 0.2) is 0 Å². The van der Waals surface area contributed by atoms with Crippen molar-refractivity contribution in [3.05, 3.63) is 57.6 Å². The molecule has 5 nitrogen and oxygen atoms in total. The van der Waals surface area contributed by atoms with Gasteiger partial charge in [-0.3, -0.25) is 9.69 Å². The number of piperazine rings is 1. The number of fused-ring (bicyclic) bond motifs is 1. The quantitative estimate of drug-likeness (QED) is 0.581. The van der Waals surface area contributed by atoms with Crippen LogP contribution in [0.1, 0.15) is 35.2 Å². The van der Waals surface area contributed by atoms with Gasteiger partial charge in [-0.2, -0.15) is 0 Å². The van der Waals surface area contributed by atoms with Gasteiger partial charge >= 0.3 is 0 Å². The zero-order chi connectivity index (χ0) is 21.6. The second kappa shape index (κ2) is 10.6. The highest BCUT2D eigenvalue weighted by Crippen LogP contribution is 2.32. The number of carbonyl (C=O) groups is 1. The van der Waals surface area contributed by atoms with E-state index in [1.54, 1.807) is 0 Å². The smallest absolute Gasteiger partial charge is 0.251 e. The third-order valence-electron chi connectivity index (χ3n) is 6.04. The van der Waals surface area contributed by atoms with Crippen LogP contribution in [0.4, 0.5) is 5.69 Å². The molecule has 2 aromatic rings. The molecule has 7 heteroatoms. The Hall–Kier alpha value is -1.95. The summed E-state index contributed by atoms with van der Waals surface area (Å²) in [5.41, 5.74) is 2.89. The molecule has 1 fully saturated rings. The van der Waals surface area contributed by atoms with Crippen molar-refractivity contribution in [2.24, 2.45) is 0 Å². The minimum absolute atomic E-state index is 0.00410. The van der Waals surface area contributed by atoms with E-state index in [0.717, 1.165) is 87.5 Å². The Kier molecular flexibility index (Phi) is 7.59. The summed E-state index contributed by atoms with van der Waals surface area (Å²) in [4.78, 5) is 16.8. The molecular formula is C24H29Cl2N3O2. The van der Waals surface area contributed by atoms with Gasteiger partial charge in [0.25, 0.3) is 5.91 Å². The Labute approximate surface area is 194 Å². The maximum absolute atomic E-state index is 11.9. The van der Waals surface area contributed by atoms with Crippen molar-refractivity contribution in [3.63, 3.8) is 0 Å². The van der Waals surface area contributed by atoms with Crippen LogP contribution in [0.2, 0.25) is 10.0 Å². The van der Waals surface area contributed by atoms with E-state index in [2.05, 4.69) is 15.1 Å². The summed E-state index contributed by atoms with van der Waals surface area (Å²) >= 11 is 12.5. The summed E-state index contributed by atoms with van der Waals surface area (Å²) in [5, 5.41) is 4.15. The Morgan fingerprint density at radius 2 is 1.84 bits per heavy atom. The van der Waals surface area contributed by atoms with Crippen molar-refractivity contribution in [1.82, 2.24) is 10.2 Å². The number of halogens is 2. The Balaban J connectivity index is 1.12. The van der Waals surface area contributed by atoms with Crippen molar-refractivity contribution < 1.29 is 9.53 Å². The molecule has 1 amide bonds. The molecule has 4 rings (SSSR count). The number of unbranched alkanes of at least 4 members (excludes halogenated alkanes) is 2. The van der Waals surface area contributed by atoms with E-state index in [9.17, 15) is 4.79 Å². The largest absolute Gasteiger partial charge is 0.494 e. The maximum atomic E-state index is 11.9. The topological polar surface area (TPSA) is 44.8 Å². The first kappa shape index (κ1) is 22.3. The fourth-order valence-electron chi connectivity index (χ4n) is 4.23. The maximum Gasteiger partial charge on any atom is 0.251 e. The van der Waals surface area contributed by atoms with E-state index in [1.807, 2.05) is 36.4 Å². The van der Waals surface area contributed by atoms with E-state index < -0.39 is 0 Å². The molecule has 1 saturated heterocycles. The van der Waals surface area contributed by atoms with Crippen molar-refractivity contribution in [2.75, 3.05) is 50.8 Å². The minimum Gasteiger partial charge on any atom is -0.494 e. The molecule has 0 radical (unpaired) electrons.